The van der Waals surface area contributed by atoms with Gasteiger partial charge in [-0.15, -0.1) is 24.0 Å². The van der Waals surface area contributed by atoms with E-state index in [0.29, 0.717) is 24.9 Å². The lowest BCUT2D eigenvalue weighted by Crippen LogP contribution is -2.57. The number of aliphatic imine (C=N–C) groups is 1. The highest BCUT2D eigenvalue weighted by Gasteiger charge is 2.30. The Labute approximate surface area is 191 Å². The molecule has 0 unspecified atom stereocenters. The van der Waals surface area contributed by atoms with E-state index in [1.54, 1.807) is 20.4 Å². The molecule has 0 saturated heterocycles. The molecule has 0 aromatic carbocycles. The first-order valence-electron chi connectivity index (χ1n) is 9.61. The third-order valence-corrected chi connectivity index (χ3v) is 4.40. The molecule has 0 bridgehead atoms. The largest absolute Gasteiger partial charge is 0.481 e. The number of methoxy groups -OCH3 is 1. The number of rotatable bonds is 8. The lowest BCUT2D eigenvalue weighted by Gasteiger charge is -2.34. The molecule has 3 N–H and O–H groups in total. The summed E-state index contributed by atoms with van der Waals surface area (Å²) in [5.41, 5.74) is 0.0453. The number of hydrogen-bond donors (Lipinski definition) is 3. The lowest BCUT2D eigenvalue weighted by molar-refractivity contribution is 0.0448. The molecule has 9 heteroatoms. The van der Waals surface area contributed by atoms with Crippen LogP contribution < -0.4 is 20.7 Å². The molecule has 0 atom stereocenters. The summed E-state index contributed by atoms with van der Waals surface area (Å²) < 4.78 is 10.5. The number of carbonyl (C=O) groups excluding carboxylic acids is 1. The van der Waals surface area contributed by atoms with Crippen LogP contribution in [0.5, 0.6) is 5.88 Å². The summed E-state index contributed by atoms with van der Waals surface area (Å²) in [4.78, 5) is 20.7. The summed E-state index contributed by atoms with van der Waals surface area (Å²) in [5.74, 6) is 1.23. The standard InChI is InChI=1S/C20H35N5O3.HI/c1-8-20(9-2,25-18(26)28-19(3,4)5)14-24-17(21-6)23-13-15-10-11-16(27-7)22-12-15;/h10-12H,8-9,13-14H2,1-7H3,(H,25,26)(H2,21,23,24);1H. The molecule has 0 saturated carbocycles. The fourth-order valence-corrected chi connectivity index (χ4v) is 2.54. The Bertz CT molecular complexity index is 641. The van der Waals surface area contributed by atoms with Gasteiger partial charge < -0.3 is 25.4 Å². The molecule has 8 nitrogen and oxygen atoms in total. The first-order chi connectivity index (χ1) is 13.2. The van der Waals surface area contributed by atoms with E-state index < -0.39 is 17.2 Å². The molecule has 1 aromatic heterocycles. The van der Waals surface area contributed by atoms with Crippen molar-refractivity contribution in [1.29, 1.82) is 0 Å². The summed E-state index contributed by atoms with van der Waals surface area (Å²) in [5, 5.41) is 9.57. The maximum absolute atomic E-state index is 12.2. The fraction of sp³-hybridized carbons (Fsp3) is 0.650. The Morgan fingerprint density at radius 2 is 1.83 bits per heavy atom. The molecule has 0 aliphatic rings. The Kier molecular flexibility index (Phi) is 11.9. The summed E-state index contributed by atoms with van der Waals surface area (Å²) >= 11 is 0. The number of alkyl carbamates (subject to hydrolysis) is 1. The number of nitrogens with zero attached hydrogens (tertiary/aromatic N) is 2. The van der Waals surface area contributed by atoms with Crippen molar-refractivity contribution < 1.29 is 14.3 Å². The van der Waals surface area contributed by atoms with Gasteiger partial charge in [0.2, 0.25) is 5.88 Å². The number of hydrogen-bond acceptors (Lipinski definition) is 5. The molecule has 29 heavy (non-hydrogen) atoms. The highest BCUT2D eigenvalue weighted by molar-refractivity contribution is 14.0. The summed E-state index contributed by atoms with van der Waals surface area (Å²) in [6.07, 6.45) is 2.86. The minimum absolute atomic E-state index is 0. The molecule has 0 spiro atoms. The monoisotopic (exact) mass is 521 g/mol. The van der Waals surface area contributed by atoms with E-state index in [2.05, 4.69) is 25.9 Å². The minimum Gasteiger partial charge on any atom is -0.481 e. The predicted octanol–water partition coefficient (Wildman–Crippen LogP) is 3.46. The molecule has 0 radical (unpaired) electrons. The second-order valence-corrected chi connectivity index (χ2v) is 7.60. The maximum Gasteiger partial charge on any atom is 0.408 e. The van der Waals surface area contributed by atoms with Gasteiger partial charge in [0.05, 0.1) is 12.6 Å². The predicted molar refractivity (Wildman–Crippen MR) is 127 cm³/mol. The number of guanidine groups is 1. The Morgan fingerprint density at radius 3 is 2.28 bits per heavy atom. The van der Waals surface area contributed by atoms with Gasteiger partial charge in [0.15, 0.2) is 5.96 Å². The average Bonchev–Trinajstić information content (AvgIpc) is 2.66. The van der Waals surface area contributed by atoms with Crippen LogP contribution in [0.25, 0.3) is 0 Å². The van der Waals surface area contributed by atoms with Crippen LogP contribution in [0, 0.1) is 0 Å². The van der Waals surface area contributed by atoms with E-state index in [1.165, 1.54) is 0 Å². The Morgan fingerprint density at radius 1 is 1.17 bits per heavy atom. The number of amides is 1. The topological polar surface area (TPSA) is 96.9 Å². The zero-order valence-electron chi connectivity index (χ0n) is 18.6. The average molecular weight is 521 g/mol. The van der Waals surface area contributed by atoms with Gasteiger partial charge >= 0.3 is 6.09 Å². The lowest BCUT2D eigenvalue weighted by atomic mass is 9.93. The van der Waals surface area contributed by atoms with Crippen LogP contribution in [0.15, 0.2) is 23.3 Å². The SMILES string of the molecule is CCC(CC)(CNC(=NC)NCc1ccc(OC)nc1)NC(=O)OC(C)(C)C.I. The van der Waals surface area contributed by atoms with Crippen molar-refractivity contribution in [3.05, 3.63) is 23.9 Å². The van der Waals surface area contributed by atoms with Gasteiger partial charge in [-0.3, -0.25) is 4.99 Å². The fourth-order valence-electron chi connectivity index (χ4n) is 2.54. The quantitative estimate of drug-likeness (QED) is 0.276. The van der Waals surface area contributed by atoms with Crippen molar-refractivity contribution in [2.24, 2.45) is 4.99 Å². The summed E-state index contributed by atoms with van der Waals surface area (Å²) in [6.45, 7) is 10.7. The molecule has 1 rings (SSSR count). The number of ether oxygens (including phenoxy) is 2. The van der Waals surface area contributed by atoms with E-state index >= 15 is 0 Å². The number of aromatic nitrogens is 1. The highest BCUT2D eigenvalue weighted by Crippen LogP contribution is 2.16. The van der Waals surface area contributed by atoms with E-state index in [0.717, 1.165) is 18.4 Å². The van der Waals surface area contributed by atoms with Crippen molar-refractivity contribution in [2.45, 2.75) is 65.1 Å². The molecule has 0 fully saturated rings. The van der Waals surface area contributed by atoms with Gasteiger partial charge in [-0.05, 0) is 39.2 Å². The van der Waals surface area contributed by atoms with Crippen LogP contribution >= 0.6 is 24.0 Å². The molecule has 1 aromatic rings. The van der Waals surface area contributed by atoms with Gasteiger partial charge in [-0.2, -0.15) is 0 Å². The first kappa shape index (κ1) is 27.2. The van der Waals surface area contributed by atoms with Gasteiger partial charge in [-0.1, -0.05) is 19.9 Å². The van der Waals surface area contributed by atoms with Crippen LogP contribution in [-0.2, 0) is 11.3 Å². The Hall–Kier alpha value is -1.78. The summed E-state index contributed by atoms with van der Waals surface area (Å²) in [7, 11) is 3.30. The molecular weight excluding hydrogens is 485 g/mol. The van der Waals surface area contributed by atoms with Crippen molar-refractivity contribution in [2.75, 3.05) is 20.7 Å². The van der Waals surface area contributed by atoms with E-state index in [9.17, 15) is 4.79 Å². The normalized spacial score (nSPS) is 11.9. The molecule has 1 amide bonds. The number of carbonyl (C=O) groups is 1. The van der Waals surface area contributed by atoms with Crippen molar-refractivity contribution in [3.63, 3.8) is 0 Å². The van der Waals surface area contributed by atoms with Crippen molar-refractivity contribution in [3.8, 4) is 5.88 Å². The van der Waals surface area contributed by atoms with Crippen LogP contribution in [0.1, 0.15) is 53.0 Å². The smallest absolute Gasteiger partial charge is 0.408 e. The highest BCUT2D eigenvalue weighted by atomic mass is 127. The molecule has 1 heterocycles. The third-order valence-electron chi connectivity index (χ3n) is 4.40. The van der Waals surface area contributed by atoms with E-state index in [-0.39, 0.29) is 24.0 Å². The molecule has 0 aliphatic carbocycles. The van der Waals surface area contributed by atoms with Gasteiger partial charge in [0, 0.05) is 32.4 Å². The second-order valence-electron chi connectivity index (χ2n) is 7.60. The number of halogens is 1. The van der Waals surface area contributed by atoms with Crippen LogP contribution in [-0.4, -0.2) is 48.9 Å². The molecule has 0 aliphatic heterocycles. The zero-order valence-corrected chi connectivity index (χ0v) is 20.9. The van der Waals surface area contributed by atoms with Crippen LogP contribution in [0.4, 0.5) is 4.79 Å². The number of pyridine rings is 1. The third kappa shape index (κ3) is 10.00. The Balaban J connectivity index is 0.00000784. The molecule has 166 valence electrons. The summed E-state index contributed by atoms with van der Waals surface area (Å²) in [6, 6.07) is 3.76. The van der Waals surface area contributed by atoms with Gasteiger partial charge in [-0.25, -0.2) is 9.78 Å². The second kappa shape index (κ2) is 12.7. The van der Waals surface area contributed by atoms with Crippen LogP contribution in [0.2, 0.25) is 0 Å². The van der Waals surface area contributed by atoms with E-state index in [1.807, 2.05) is 46.8 Å². The van der Waals surface area contributed by atoms with Gasteiger partial charge in [0.25, 0.3) is 0 Å². The molecular formula is C20H36IN5O3. The minimum atomic E-state index is -0.533. The maximum atomic E-state index is 12.2. The van der Waals surface area contributed by atoms with E-state index in [4.69, 9.17) is 9.47 Å². The first-order valence-corrected chi connectivity index (χ1v) is 9.61. The van der Waals surface area contributed by atoms with Gasteiger partial charge in [0.1, 0.15) is 5.60 Å². The van der Waals surface area contributed by atoms with Crippen molar-refractivity contribution in [1.82, 2.24) is 20.9 Å². The van der Waals surface area contributed by atoms with Crippen molar-refractivity contribution >= 4 is 36.0 Å². The zero-order chi connectivity index (χ0) is 21.2. The number of nitrogens with one attached hydrogen (secondary N) is 3. The van der Waals surface area contributed by atoms with Crippen LogP contribution in [0.3, 0.4) is 0 Å².